The Morgan fingerprint density at radius 3 is 0.809 bits per heavy atom. The van der Waals surface area contributed by atoms with Crippen molar-refractivity contribution >= 4 is 49.3 Å². The van der Waals surface area contributed by atoms with Crippen molar-refractivity contribution in [3.05, 3.63) is 91.0 Å². The van der Waals surface area contributed by atoms with Gasteiger partial charge >= 0.3 is 17.1 Å². The summed E-state index contributed by atoms with van der Waals surface area (Å²) in [6.45, 7) is 15.3. The van der Waals surface area contributed by atoms with Crippen LogP contribution >= 0.6 is 0 Å². The van der Waals surface area contributed by atoms with Gasteiger partial charge in [-0.15, -0.1) is 0 Å². The van der Waals surface area contributed by atoms with Crippen LogP contribution in [0.25, 0.3) is 0 Å². The first-order valence-electron chi connectivity index (χ1n) is 12.0. The fraction of sp³-hybridized carbons (Fsp3) is 0.538. The molecule has 0 aliphatic heterocycles. The van der Waals surface area contributed by atoms with Gasteiger partial charge in [0.2, 0.25) is 0 Å². The zero-order valence-corrected chi connectivity index (χ0v) is 26.8. The average molecular weight is 735 g/mol. The van der Waals surface area contributed by atoms with Crippen LogP contribution in [-0.4, -0.2) is 48.0 Å². The Bertz CT molecular complexity index is 970. The van der Waals surface area contributed by atoms with Crippen LogP contribution in [0.15, 0.2) is 91.0 Å². The topological polar surface area (TPSA) is 36.9 Å². The van der Waals surface area contributed by atoms with Gasteiger partial charge in [0.25, 0.3) is 0 Å². The molecule has 0 spiro atoms. The first kappa shape index (κ1) is 75.6. The van der Waals surface area contributed by atoms with Crippen LogP contribution in [0.2, 0.25) is 45.8 Å². The van der Waals surface area contributed by atoms with Crippen LogP contribution in [0.1, 0.15) is 89.1 Å². The highest BCUT2D eigenvalue weighted by Gasteiger charge is 2.44. The summed E-state index contributed by atoms with van der Waals surface area (Å²) in [4.78, 5) is 0. The minimum absolute atomic E-state index is 0. The van der Waals surface area contributed by atoms with E-state index in [2.05, 4.69) is 82.2 Å². The maximum absolute atomic E-state index is 6.60. The molecule has 0 aliphatic carbocycles. The van der Waals surface area contributed by atoms with E-state index in [-0.39, 0.29) is 89.1 Å². The van der Waals surface area contributed by atoms with Crippen molar-refractivity contribution in [2.24, 2.45) is 0 Å². The van der Waals surface area contributed by atoms with Crippen molar-refractivity contribution in [1.29, 1.82) is 0 Å². The fourth-order valence-electron chi connectivity index (χ4n) is 3.85. The molecule has 3 aromatic carbocycles. The molecule has 4 nitrogen and oxygen atoms in total. The van der Waals surface area contributed by atoms with Crippen LogP contribution in [0.5, 0.6) is 0 Å². The smallest absolute Gasteiger partial charge is 0.396 e. The van der Waals surface area contributed by atoms with E-state index in [0.29, 0.717) is 0 Å². The summed E-state index contributed by atoms with van der Waals surface area (Å²) in [5, 5.41) is 3.53. The Hall–Kier alpha value is -1.63. The summed E-state index contributed by atoms with van der Waals surface area (Å²) in [6.07, 6.45) is 0. The lowest BCUT2D eigenvalue weighted by Gasteiger charge is -2.35. The zero-order chi connectivity index (χ0) is 26.2. The average Bonchev–Trinajstić information content (AvgIpc) is 2.83. The summed E-state index contributed by atoms with van der Waals surface area (Å²) < 4.78 is 24.5. The molecule has 0 bridgehead atoms. The highest BCUT2D eigenvalue weighted by atomic mass is 28.4. The van der Waals surface area contributed by atoms with Gasteiger partial charge in [-0.3, -0.25) is 0 Å². The fourth-order valence-corrected chi connectivity index (χ4v) is 17.2. The van der Waals surface area contributed by atoms with E-state index in [1.807, 2.05) is 54.6 Å². The second kappa shape index (κ2) is 32.9. The van der Waals surface area contributed by atoms with E-state index in [9.17, 15) is 0 Å². The van der Waals surface area contributed by atoms with E-state index in [4.69, 9.17) is 17.1 Å². The Labute approximate surface area is 305 Å². The maximum Gasteiger partial charge on any atom is 0.396 e. The first-order chi connectivity index (χ1) is 16.4. The van der Waals surface area contributed by atoms with Crippen molar-refractivity contribution in [1.82, 2.24) is 0 Å². The van der Waals surface area contributed by atoms with Gasteiger partial charge in [0.15, 0.2) is 16.6 Å². The van der Waals surface area contributed by atoms with Gasteiger partial charge in [0.05, 0.1) is 0 Å². The number of rotatable bonds is 9. The second-order valence-electron chi connectivity index (χ2n) is 10.5. The normalized spacial score (nSPS) is 10.4. The highest BCUT2D eigenvalue weighted by molar-refractivity contribution is 6.98. The predicted molar refractivity (Wildman–Crippen MR) is 239 cm³/mol. The molecule has 0 N–H and O–H groups in total. The summed E-state index contributed by atoms with van der Waals surface area (Å²) in [7, 11) is -4.55. The summed E-state index contributed by atoms with van der Waals surface area (Å²) in [5.41, 5.74) is 0. The second-order valence-corrected chi connectivity index (χ2v) is 26.3. The SMILES string of the molecule is C.C.C.C.C.C.C.C.C.C.C.C.CO[Si](C)(O[Si](C)(C)C)c1ccccc1.CO[Si](O[Si](C)(C)C)(c1ccccc1)c1ccccc1. The van der Waals surface area contributed by atoms with Crippen LogP contribution in [0.3, 0.4) is 0 Å². The lowest BCUT2D eigenvalue weighted by molar-refractivity contribution is 0.319. The number of hydrogen-bond acceptors (Lipinski definition) is 4. The summed E-state index contributed by atoms with van der Waals surface area (Å²) in [5.74, 6) is 0. The molecule has 0 aliphatic rings. The van der Waals surface area contributed by atoms with Crippen LogP contribution in [0.4, 0.5) is 0 Å². The Morgan fingerprint density at radius 1 is 0.340 bits per heavy atom. The molecule has 286 valence electrons. The minimum atomic E-state index is -2.60. The monoisotopic (exact) mass is 735 g/mol. The standard InChI is InChI=1S/C16H22O2Si2.C11H20O2Si2.12CH4/c1-17-20(18-19(2,3)4,15-11-7-5-8-12-15)16-13-9-6-10-14-16;1-12-15(5,13-14(2,3)4)11-9-7-6-8-10-11;;;;;;;;;;;;/h5-14H,1-4H3;6-10H,1-5H3;12*1H4. The van der Waals surface area contributed by atoms with Crippen molar-refractivity contribution in [2.75, 3.05) is 14.2 Å². The van der Waals surface area contributed by atoms with E-state index < -0.39 is 33.8 Å². The lowest BCUT2D eigenvalue weighted by Crippen LogP contribution is -2.66. The van der Waals surface area contributed by atoms with Crippen LogP contribution < -0.4 is 15.6 Å². The van der Waals surface area contributed by atoms with E-state index >= 15 is 0 Å². The number of hydrogen-bond donors (Lipinski definition) is 0. The molecule has 47 heavy (non-hydrogen) atoms. The Balaban J connectivity index is -0.0000000499. The van der Waals surface area contributed by atoms with Crippen molar-refractivity contribution < 1.29 is 17.1 Å². The minimum Gasteiger partial charge on any atom is -0.433 e. The Kier molecular flexibility index (Phi) is 52.9. The van der Waals surface area contributed by atoms with Crippen LogP contribution in [-0.2, 0) is 17.1 Å². The Morgan fingerprint density at radius 2 is 0.596 bits per heavy atom. The first-order valence-corrected chi connectivity index (χ1v) is 23.0. The van der Waals surface area contributed by atoms with Gasteiger partial charge in [0.1, 0.15) is 0 Å². The molecule has 1 unspecified atom stereocenters. The summed E-state index contributed by atoms with van der Waals surface area (Å²) in [6, 6.07) is 31.0. The molecule has 0 amide bonds. The van der Waals surface area contributed by atoms with Crippen molar-refractivity contribution in [2.45, 2.75) is 135 Å². The van der Waals surface area contributed by atoms with Gasteiger partial charge < -0.3 is 17.1 Å². The molecule has 0 saturated heterocycles. The zero-order valence-electron chi connectivity index (χ0n) is 22.8. The maximum atomic E-state index is 6.60. The molecule has 3 rings (SSSR count). The van der Waals surface area contributed by atoms with Gasteiger partial charge in [0, 0.05) is 14.2 Å². The van der Waals surface area contributed by atoms with Gasteiger partial charge in [-0.1, -0.05) is 180 Å². The van der Waals surface area contributed by atoms with E-state index in [1.165, 1.54) is 5.19 Å². The largest absolute Gasteiger partial charge is 0.433 e. The molecule has 8 heteroatoms. The lowest BCUT2D eigenvalue weighted by atomic mass is 10.4. The molecule has 0 fully saturated rings. The van der Waals surface area contributed by atoms with Crippen molar-refractivity contribution in [3.63, 3.8) is 0 Å². The molecule has 0 heterocycles. The van der Waals surface area contributed by atoms with Gasteiger partial charge in [-0.05, 0) is 61.4 Å². The number of benzene rings is 3. The molecule has 3 aromatic rings. The molecule has 0 saturated carbocycles. The summed E-state index contributed by atoms with van der Waals surface area (Å²) >= 11 is 0. The van der Waals surface area contributed by atoms with Crippen molar-refractivity contribution in [3.8, 4) is 0 Å². The predicted octanol–water partition coefficient (Wildman–Crippen LogP) is 12.8. The van der Waals surface area contributed by atoms with E-state index in [0.717, 1.165) is 10.4 Å². The third kappa shape index (κ3) is 23.4. The third-order valence-electron chi connectivity index (χ3n) is 5.23. The van der Waals surface area contributed by atoms with Gasteiger partial charge in [-0.2, -0.15) is 0 Å². The highest BCUT2D eigenvalue weighted by Crippen LogP contribution is 2.16. The molecular formula is C39H90O4Si4. The third-order valence-corrected chi connectivity index (χ3v) is 17.8. The molecule has 0 radical (unpaired) electrons. The van der Waals surface area contributed by atoms with E-state index in [1.54, 1.807) is 14.2 Å². The molecule has 0 aromatic heterocycles. The molecule has 1 atom stereocenters. The molecular weight excluding hydrogens is 645 g/mol. The quantitative estimate of drug-likeness (QED) is 0.205. The van der Waals surface area contributed by atoms with Crippen LogP contribution in [0, 0.1) is 0 Å². The van der Waals surface area contributed by atoms with Gasteiger partial charge in [-0.25, -0.2) is 0 Å².